The van der Waals surface area contributed by atoms with Crippen LogP contribution in [-0.2, 0) is 12.7 Å². The van der Waals surface area contributed by atoms with Crippen molar-refractivity contribution in [2.45, 2.75) is 44.1 Å². The molecule has 28 heavy (non-hydrogen) atoms. The van der Waals surface area contributed by atoms with Crippen LogP contribution in [0.5, 0.6) is 5.88 Å². The van der Waals surface area contributed by atoms with Gasteiger partial charge < -0.3 is 9.64 Å². The molecule has 150 valence electrons. The van der Waals surface area contributed by atoms with Crippen molar-refractivity contribution >= 4 is 5.82 Å². The number of alkyl halides is 3. The Kier molecular flexibility index (Phi) is 5.14. The summed E-state index contributed by atoms with van der Waals surface area (Å²) in [5.41, 5.74) is -0.213. The van der Waals surface area contributed by atoms with Gasteiger partial charge in [0.25, 0.3) is 0 Å². The van der Waals surface area contributed by atoms with Gasteiger partial charge in [0.2, 0.25) is 5.88 Å². The second kappa shape index (κ2) is 7.58. The van der Waals surface area contributed by atoms with Gasteiger partial charge >= 0.3 is 6.18 Å². The van der Waals surface area contributed by atoms with Crippen LogP contribution in [0.15, 0.2) is 36.7 Å². The Morgan fingerprint density at radius 2 is 1.93 bits per heavy atom. The molecule has 2 heterocycles. The minimum Gasteiger partial charge on any atom is -0.481 e. The molecule has 2 fully saturated rings. The summed E-state index contributed by atoms with van der Waals surface area (Å²) in [6.45, 7) is 1.79. The Morgan fingerprint density at radius 1 is 1.14 bits per heavy atom. The van der Waals surface area contributed by atoms with Gasteiger partial charge in [-0.25, -0.2) is 9.97 Å². The molecular weight excluding hydrogens is 369 g/mol. The second-order valence-electron chi connectivity index (χ2n) is 7.39. The van der Waals surface area contributed by atoms with E-state index in [1.54, 1.807) is 19.2 Å². The van der Waals surface area contributed by atoms with Crippen molar-refractivity contribution < 1.29 is 17.9 Å². The highest BCUT2D eigenvalue weighted by atomic mass is 19.4. The lowest BCUT2D eigenvalue weighted by molar-refractivity contribution is -0.138. The Morgan fingerprint density at radius 3 is 2.64 bits per heavy atom. The molecule has 1 aliphatic heterocycles. The molecule has 0 amide bonds. The van der Waals surface area contributed by atoms with E-state index in [1.165, 1.54) is 12.4 Å². The quantitative estimate of drug-likeness (QED) is 0.749. The van der Waals surface area contributed by atoms with Gasteiger partial charge in [0.1, 0.15) is 12.1 Å². The van der Waals surface area contributed by atoms with Crippen LogP contribution in [0.1, 0.15) is 30.4 Å². The van der Waals surface area contributed by atoms with Gasteiger partial charge in [-0.3, -0.25) is 4.90 Å². The highest BCUT2D eigenvalue weighted by Gasteiger charge is 2.39. The largest absolute Gasteiger partial charge is 0.481 e. The number of hydrogen-bond acceptors (Lipinski definition) is 5. The van der Waals surface area contributed by atoms with Gasteiger partial charge in [0.05, 0.1) is 12.7 Å². The second-order valence-corrected chi connectivity index (χ2v) is 7.39. The van der Waals surface area contributed by atoms with Crippen molar-refractivity contribution in [3.8, 4) is 5.88 Å². The smallest absolute Gasteiger partial charge is 0.416 e. The number of aromatic nitrogens is 2. The number of nitrogens with zero attached hydrogens (tertiary/aromatic N) is 4. The molecule has 1 atom stereocenters. The fourth-order valence-corrected chi connectivity index (χ4v) is 3.97. The zero-order chi connectivity index (χ0) is 19.7. The maximum Gasteiger partial charge on any atom is 0.416 e. The highest BCUT2D eigenvalue weighted by Crippen LogP contribution is 2.37. The zero-order valence-electron chi connectivity index (χ0n) is 15.7. The highest BCUT2D eigenvalue weighted by molar-refractivity contribution is 5.45. The number of rotatable bonds is 6. The molecule has 4 rings (SSSR count). The molecule has 1 saturated carbocycles. The number of anilines is 1. The van der Waals surface area contributed by atoms with Crippen molar-refractivity contribution in [1.82, 2.24) is 14.9 Å². The zero-order valence-corrected chi connectivity index (χ0v) is 15.7. The maximum absolute atomic E-state index is 13.3. The van der Waals surface area contributed by atoms with E-state index in [2.05, 4.69) is 19.8 Å². The number of ether oxygens (including phenoxy) is 1. The number of halogens is 3. The summed E-state index contributed by atoms with van der Waals surface area (Å²) in [5.74, 6) is 1.35. The van der Waals surface area contributed by atoms with Crippen molar-refractivity contribution in [3.05, 3.63) is 47.8 Å². The van der Waals surface area contributed by atoms with E-state index in [1.807, 2.05) is 6.07 Å². The molecule has 0 radical (unpaired) electrons. The minimum atomic E-state index is -4.33. The monoisotopic (exact) mass is 392 g/mol. The number of benzene rings is 1. The van der Waals surface area contributed by atoms with E-state index >= 15 is 0 Å². The fourth-order valence-electron chi connectivity index (χ4n) is 3.97. The maximum atomic E-state index is 13.3. The summed E-state index contributed by atoms with van der Waals surface area (Å²) >= 11 is 0. The summed E-state index contributed by atoms with van der Waals surface area (Å²) in [6.07, 6.45) is 0.291. The normalized spacial score (nSPS) is 20.4. The standard InChI is InChI=1S/C20H23F3N4O/c1-28-19-10-18(24-13-25-19)27(15-6-7-15)16-8-9-26(12-16)11-14-4-2-3-5-17(14)20(21,22)23/h2-5,10,13,15-16H,6-9,11-12H2,1H3. The van der Waals surface area contributed by atoms with Gasteiger partial charge in [-0.2, -0.15) is 13.2 Å². The molecule has 2 aliphatic rings. The molecule has 0 bridgehead atoms. The fraction of sp³-hybridized carbons (Fsp3) is 0.500. The first kappa shape index (κ1) is 19.0. The predicted octanol–water partition coefficient (Wildman–Crippen LogP) is 3.75. The first-order valence-corrected chi connectivity index (χ1v) is 9.47. The van der Waals surface area contributed by atoms with Gasteiger partial charge in [0.15, 0.2) is 0 Å². The van der Waals surface area contributed by atoms with Crippen molar-refractivity contribution in [2.75, 3.05) is 25.1 Å². The SMILES string of the molecule is COc1cc(N(C2CC2)C2CCN(Cc3ccccc3C(F)(F)F)C2)ncn1. The van der Waals surface area contributed by atoms with E-state index in [-0.39, 0.29) is 6.04 Å². The van der Waals surface area contributed by atoms with Gasteiger partial charge in [-0.15, -0.1) is 0 Å². The third-order valence-corrected chi connectivity index (χ3v) is 5.40. The lowest BCUT2D eigenvalue weighted by Crippen LogP contribution is -2.40. The summed E-state index contributed by atoms with van der Waals surface area (Å²) in [7, 11) is 1.57. The van der Waals surface area contributed by atoms with Crippen LogP contribution in [0.2, 0.25) is 0 Å². The van der Waals surface area contributed by atoms with E-state index in [0.717, 1.165) is 44.2 Å². The van der Waals surface area contributed by atoms with Crippen molar-refractivity contribution in [1.29, 1.82) is 0 Å². The van der Waals surface area contributed by atoms with Crippen LogP contribution in [-0.4, -0.2) is 47.2 Å². The molecule has 1 unspecified atom stereocenters. The summed E-state index contributed by atoms with van der Waals surface area (Å²) in [5, 5.41) is 0. The van der Waals surface area contributed by atoms with Crippen molar-refractivity contribution in [2.24, 2.45) is 0 Å². The molecule has 2 aromatic rings. The van der Waals surface area contributed by atoms with E-state index in [9.17, 15) is 13.2 Å². The topological polar surface area (TPSA) is 41.5 Å². The van der Waals surface area contributed by atoms with Gasteiger partial charge in [-0.05, 0) is 30.9 Å². The molecule has 1 saturated heterocycles. The molecule has 1 aromatic heterocycles. The molecule has 1 aromatic carbocycles. The summed E-state index contributed by atoms with van der Waals surface area (Å²) in [6, 6.07) is 8.34. The lowest BCUT2D eigenvalue weighted by Gasteiger charge is -2.30. The Bertz CT molecular complexity index is 825. The predicted molar refractivity (Wildman–Crippen MR) is 99.2 cm³/mol. The molecule has 1 aliphatic carbocycles. The van der Waals surface area contributed by atoms with Crippen LogP contribution >= 0.6 is 0 Å². The summed E-state index contributed by atoms with van der Waals surface area (Å²) in [4.78, 5) is 12.9. The molecule has 5 nitrogen and oxygen atoms in total. The molecule has 8 heteroatoms. The third kappa shape index (κ3) is 4.06. The molecular formula is C20H23F3N4O. The average Bonchev–Trinajstić information content (AvgIpc) is 3.40. The van der Waals surface area contributed by atoms with Crippen LogP contribution in [0.3, 0.4) is 0 Å². The van der Waals surface area contributed by atoms with Crippen LogP contribution in [0, 0.1) is 0 Å². The molecule has 0 spiro atoms. The molecule has 0 N–H and O–H groups in total. The van der Waals surface area contributed by atoms with Crippen LogP contribution < -0.4 is 9.64 Å². The van der Waals surface area contributed by atoms with Crippen LogP contribution in [0.4, 0.5) is 19.0 Å². The van der Waals surface area contributed by atoms with E-state index < -0.39 is 11.7 Å². The van der Waals surface area contributed by atoms with Crippen LogP contribution in [0.25, 0.3) is 0 Å². The third-order valence-electron chi connectivity index (χ3n) is 5.40. The number of likely N-dealkylation sites (tertiary alicyclic amines) is 1. The minimum absolute atomic E-state index is 0.227. The Hall–Kier alpha value is -2.35. The first-order valence-electron chi connectivity index (χ1n) is 9.47. The number of methoxy groups -OCH3 is 1. The van der Waals surface area contributed by atoms with E-state index in [0.29, 0.717) is 24.0 Å². The first-order chi connectivity index (χ1) is 13.5. The van der Waals surface area contributed by atoms with Gasteiger partial charge in [0, 0.05) is 37.8 Å². The van der Waals surface area contributed by atoms with E-state index in [4.69, 9.17) is 4.74 Å². The Labute approximate surface area is 162 Å². The van der Waals surface area contributed by atoms with Crippen molar-refractivity contribution in [3.63, 3.8) is 0 Å². The summed E-state index contributed by atoms with van der Waals surface area (Å²) < 4.78 is 45.1. The van der Waals surface area contributed by atoms with Gasteiger partial charge in [-0.1, -0.05) is 18.2 Å². The average molecular weight is 392 g/mol. The lowest BCUT2D eigenvalue weighted by atomic mass is 10.1. The Balaban J connectivity index is 1.49. The number of hydrogen-bond donors (Lipinski definition) is 0.